The van der Waals surface area contributed by atoms with Crippen LogP contribution in [0.15, 0.2) is 42.5 Å². The highest BCUT2D eigenvalue weighted by Gasteiger charge is 2.16. The van der Waals surface area contributed by atoms with Gasteiger partial charge in [0.15, 0.2) is 0 Å². The molecule has 1 saturated heterocycles. The Kier molecular flexibility index (Phi) is 5.77. The zero-order chi connectivity index (χ0) is 17.8. The summed E-state index contributed by atoms with van der Waals surface area (Å²) in [6, 6.07) is 13.4. The summed E-state index contributed by atoms with van der Waals surface area (Å²) in [4.78, 5) is 14.9. The molecule has 0 aromatic heterocycles. The first kappa shape index (κ1) is 18.0. The lowest BCUT2D eigenvalue weighted by molar-refractivity contribution is 0.102. The zero-order valence-electron chi connectivity index (χ0n) is 14.9. The van der Waals surface area contributed by atoms with Gasteiger partial charge in [0.1, 0.15) is 0 Å². The second-order valence-electron chi connectivity index (χ2n) is 7.10. The van der Waals surface area contributed by atoms with E-state index in [1.54, 1.807) is 6.07 Å². The Morgan fingerprint density at radius 2 is 2.00 bits per heavy atom. The van der Waals surface area contributed by atoms with E-state index < -0.39 is 0 Å². The molecule has 132 valence electrons. The predicted molar refractivity (Wildman–Crippen MR) is 104 cm³/mol. The number of hydrogen-bond donors (Lipinski definition) is 1. The molecule has 2 aromatic carbocycles. The topological polar surface area (TPSA) is 32.3 Å². The number of benzene rings is 2. The summed E-state index contributed by atoms with van der Waals surface area (Å²) in [6.45, 7) is 7.55. The minimum atomic E-state index is -0.113. The smallest absolute Gasteiger partial charge is 0.255 e. The third kappa shape index (κ3) is 4.83. The molecule has 1 unspecified atom stereocenters. The van der Waals surface area contributed by atoms with Crippen LogP contribution in [0.1, 0.15) is 41.3 Å². The summed E-state index contributed by atoms with van der Waals surface area (Å²) in [5.74, 6) is 0.665. The SMILES string of the molecule is Cc1ccc(NC(=O)c2ccc(CN3CCCC(C)C3)cc2)cc1Cl. The van der Waals surface area contributed by atoms with Crippen LogP contribution in [-0.2, 0) is 6.54 Å². The minimum Gasteiger partial charge on any atom is -0.322 e. The van der Waals surface area contributed by atoms with Gasteiger partial charge in [0.2, 0.25) is 0 Å². The number of nitrogens with zero attached hydrogens (tertiary/aromatic N) is 1. The van der Waals surface area contributed by atoms with Gasteiger partial charge in [-0.1, -0.05) is 36.7 Å². The van der Waals surface area contributed by atoms with E-state index in [9.17, 15) is 4.79 Å². The van der Waals surface area contributed by atoms with Crippen molar-refractivity contribution in [3.05, 3.63) is 64.2 Å². The van der Waals surface area contributed by atoms with Crippen LogP contribution in [0.5, 0.6) is 0 Å². The largest absolute Gasteiger partial charge is 0.322 e. The number of nitrogens with one attached hydrogen (secondary N) is 1. The number of piperidine rings is 1. The molecule has 0 aliphatic carbocycles. The number of carbonyl (C=O) groups excluding carboxylic acids is 1. The monoisotopic (exact) mass is 356 g/mol. The average Bonchev–Trinajstić information content (AvgIpc) is 2.59. The third-order valence-electron chi connectivity index (χ3n) is 4.79. The number of likely N-dealkylation sites (tertiary alicyclic amines) is 1. The molecule has 25 heavy (non-hydrogen) atoms. The summed E-state index contributed by atoms with van der Waals surface area (Å²) in [5, 5.41) is 3.56. The molecular weight excluding hydrogens is 332 g/mol. The van der Waals surface area contributed by atoms with E-state index in [-0.39, 0.29) is 5.91 Å². The molecule has 1 amide bonds. The molecule has 2 aromatic rings. The Labute approximate surface area is 155 Å². The van der Waals surface area contributed by atoms with Gasteiger partial charge < -0.3 is 5.32 Å². The fraction of sp³-hybridized carbons (Fsp3) is 0.381. The predicted octanol–water partition coefficient (Wildman–Crippen LogP) is 5.13. The maximum Gasteiger partial charge on any atom is 0.255 e. The van der Waals surface area contributed by atoms with Crippen molar-refractivity contribution in [1.29, 1.82) is 0 Å². The summed E-state index contributed by atoms with van der Waals surface area (Å²) < 4.78 is 0. The standard InChI is InChI=1S/C21H25ClN2O/c1-15-4-3-11-24(13-15)14-17-6-8-18(9-7-17)21(25)23-19-10-5-16(2)20(22)12-19/h5-10,12,15H,3-4,11,13-14H2,1-2H3,(H,23,25). The van der Waals surface area contributed by atoms with Gasteiger partial charge >= 0.3 is 0 Å². The zero-order valence-corrected chi connectivity index (χ0v) is 15.6. The van der Waals surface area contributed by atoms with E-state index in [2.05, 4.69) is 29.3 Å². The van der Waals surface area contributed by atoms with Crippen molar-refractivity contribution < 1.29 is 4.79 Å². The molecule has 1 heterocycles. The maximum atomic E-state index is 12.4. The van der Waals surface area contributed by atoms with Gasteiger partial charge in [0.05, 0.1) is 0 Å². The van der Waals surface area contributed by atoms with Crippen LogP contribution in [0.25, 0.3) is 0 Å². The van der Waals surface area contributed by atoms with Gasteiger partial charge in [-0.05, 0) is 67.6 Å². The summed E-state index contributed by atoms with van der Waals surface area (Å²) in [5.41, 5.74) is 3.62. The van der Waals surface area contributed by atoms with Crippen molar-refractivity contribution in [2.45, 2.75) is 33.2 Å². The van der Waals surface area contributed by atoms with Crippen LogP contribution in [0.2, 0.25) is 5.02 Å². The molecule has 0 bridgehead atoms. The fourth-order valence-corrected chi connectivity index (χ4v) is 3.50. The van der Waals surface area contributed by atoms with Crippen LogP contribution in [0.3, 0.4) is 0 Å². The first-order chi connectivity index (χ1) is 12.0. The number of halogens is 1. The molecular formula is C21H25ClN2O. The Morgan fingerprint density at radius 3 is 2.68 bits per heavy atom. The minimum absolute atomic E-state index is 0.113. The average molecular weight is 357 g/mol. The first-order valence-corrected chi connectivity index (χ1v) is 9.28. The van der Waals surface area contributed by atoms with Crippen LogP contribution >= 0.6 is 11.6 Å². The molecule has 1 aliphatic heterocycles. The third-order valence-corrected chi connectivity index (χ3v) is 5.20. The van der Waals surface area contributed by atoms with Crippen molar-refractivity contribution in [3.63, 3.8) is 0 Å². The van der Waals surface area contributed by atoms with Gasteiger partial charge in [0.25, 0.3) is 5.91 Å². The van der Waals surface area contributed by atoms with E-state index in [4.69, 9.17) is 11.6 Å². The van der Waals surface area contributed by atoms with Crippen molar-refractivity contribution >= 4 is 23.2 Å². The summed E-state index contributed by atoms with van der Waals surface area (Å²) >= 11 is 6.11. The lowest BCUT2D eigenvalue weighted by atomic mass is 9.99. The van der Waals surface area contributed by atoms with Crippen molar-refractivity contribution in [1.82, 2.24) is 4.90 Å². The Morgan fingerprint density at radius 1 is 1.24 bits per heavy atom. The molecule has 3 rings (SSSR count). The summed E-state index contributed by atoms with van der Waals surface area (Å²) in [7, 11) is 0. The quantitative estimate of drug-likeness (QED) is 0.823. The Bertz CT molecular complexity index is 742. The molecule has 1 atom stereocenters. The highest BCUT2D eigenvalue weighted by atomic mass is 35.5. The van der Waals surface area contributed by atoms with Crippen LogP contribution in [0.4, 0.5) is 5.69 Å². The number of anilines is 1. The van der Waals surface area contributed by atoms with E-state index in [0.29, 0.717) is 16.3 Å². The van der Waals surface area contributed by atoms with E-state index >= 15 is 0 Å². The second kappa shape index (κ2) is 8.03. The molecule has 0 spiro atoms. The van der Waals surface area contributed by atoms with Crippen LogP contribution < -0.4 is 5.32 Å². The molecule has 1 aliphatic rings. The van der Waals surface area contributed by atoms with Crippen LogP contribution in [-0.4, -0.2) is 23.9 Å². The van der Waals surface area contributed by atoms with Gasteiger partial charge in [0, 0.05) is 29.4 Å². The van der Waals surface area contributed by atoms with Gasteiger partial charge in [-0.25, -0.2) is 0 Å². The second-order valence-corrected chi connectivity index (χ2v) is 7.50. The van der Waals surface area contributed by atoms with E-state index in [1.165, 1.54) is 24.9 Å². The Balaban J connectivity index is 1.61. The van der Waals surface area contributed by atoms with Gasteiger partial charge in [-0.15, -0.1) is 0 Å². The van der Waals surface area contributed by atoms with E-state index in [1.807, 2.05) is 31.2 Å². The number of aryl methyl sites for hydroxylation is 1. The number of amides is 1. The molecule has 3 nitrogen and oxygen atoms in total. The van der Waals surface area contributed by atoms with Gasteiger partial charge in [-0.2, -0.15) is 0 Å². The molecule has 4 heteroatoms. The summed E-state index contributed by atoms with van der Waals surface area (Å²) in [6.07, 6.45) is 2.61. The van der Waals surface area contributed by atoms with Crippen molar-refractivity contribution in [2.75, 3.05) is 18.4 Å². The normalized spacial score (nSPS) is 18.1. The van der Waals surface area contributed by atoms with Crippen LogP contribution in [0, 0.1) is 12.8 Å². The highest BCUT2D eigenvalue weighted by Crippen LogP contribution is 2.21. The number of carbonyl (C=O) groups is 1. The first-order valence-electron chi connectivity index (χ1n) is 8.90. The maximum absolute atomic E-state index is 12.4. The van der Waals surface area contributed by atoms with Gasteiger partial charge in [-0.3, -0.25) is 9.69 Å². The van der Waals surface area contributed by atoms with Crippen molar-refractivity contribution in [3.8, 4) is 0 Å². The van der Waals surface area contributed by atoms with Crippen molar-refractivity contribution in [2.24, 2.45) is 5.92 Å². The van der Waals surface area contributed by atoms with E-state index in [0.717, 1.165) is 24.6 Å². The number of hydrogen-bond acceptors (Lipinski definition) is 2. The molecule has 0 radical (unpaired) electrons. The highest BCUT2D eigenvalue weighted by molar-refractivity contribution is 6.31. The lowest BCUT2D eigenvalue weighted by Gasteiger charge is -2.30. The Hall–Kier alpha value is -1.84. The molecule has 1 N–H and O–H groups in total. The molecule has 1 fully saturated rings. The number of rotatable bonds is 4. The molecule has 0 saturated carbocycles. The fourth-order valence-electron chi connectivity index (χ4n) is 3.32. The lowest BCUT2D eigenvalue weighted by Crippen LogP contribution is -2.33.